The number of hydrogen-bond donors (Lipinski definition) is 0. The van der Waals surface area contributed by atoms with Gasteiger partial charge in [-0.05, 0) is 55.4 Å². The lowest BCUT2D eigenvalue weighted by Crippen LogP contribution is -2.46. The van der Waals surface area contributed by atoms with Crippen LogP contribution >= 0.6 is 0 Å². The first-order chi connectivity index (χ1) is 10.8. The Hall–Kier alpha value is -0.980. The first-order valence-corrected chi connectivity index (χ1v) is 10.1. The van der Waals surface area contributed by atoms with Crippen molar-refractivity contribution in [2.45, 2.75) is 38.8 Å². The number of piperidine rings is 1. The lowest BCUT2D eigenvalue weighted by Gasteiger charge is -2.39. The smallest absolute Gasteiger partial charge is 0.211 e. The Bertz CT molecular complexity index is 677. The summed E-state index contributed by atoms with van der Waals surface area (Å²) in [7, 11) is -3.10. The molecule has 1 aromatic carbocycles. The molecular weight excluding hydrogens is 315 g/mol. The second kappa shape index (κ2) is 6.49. The number of nitrogens with zero attached hydrogens (tertiary/aromatic N) is 2. The van der Waals surface area contributed by atoms with Crippen LogP contribution in [0.5, 0.6) is 0 Å². The molecule has 0 aliphatic carbocycles. The zero-order valence-electron chi connectivity index (χ0n) is 13.8. The van der Waals surface area contributed by atoms with E-state index in [0.29, 0.717) is 25.0 Å². The molecule has 0 radical (unpaired) electrons. The van der Waals surface area contributed by atoms with Crippen LogP contribution in [0.4, 0.5) is 4.39 Å². The highest BCUT2D eigenvalue weighted by Crippen LogP contribution is 2.27. The molecule has 3 rings (SSSR count). The van der Waals surface area contributed by atoms with Crippen LogP contribution in [0.3, 0.4) is 0 Å². The lowest BCUT2D eigenvalue weighted by atomic mass is 9.92. The number of sulfonamides is 1. The van der Waals surface area contributed by atoms with Gasteiger partial charge in [-0.1, -0.05) is 6.07 Å². The molecular formula is C17H25FN2O2S. The monoisotopic (exact) mass is 340 g/mol. The number of rotatable bonds is 3. The fourth-order valence-electron chi connectivity index (χ4n) is 3.82. The minimum absolute atomic E-state index is 0.181. The van der Waals surface area contributed by atoms with E-state index in [1.54, 1.807) is 10.4 Å². The molecule has 128 valence electrons. The molecule has 0 N–H and O–H groups in total. The van der Waals surface area contributed by atoms with Gasteiger partial charge in [-0.2, -0.15) is 0 Å². The Kier molecular flexibility index (Phi) is 4.76. The van der Waals surface area contributed by atoms with Gasteiger partial charge in [-0.3, -0.25) is 4.90 Å². The average Bonchev–Trinajstić information content (AvgIpc) is 2.48. The molecule has 6 heteroatoms. The fraction of sp³-hybridized carbons (Fsp3) is 0.647. The number of benzene rings is 1. The minimum Gasteiger partial charge on any atom is -0.296 e. The van der Waals surface area contributed by atoms with E-state index in [1.165, 1.54) is 17.9 Å². The SMILES string of the molecule is CC1Cc2ccc(F)cc2CN1CC1CCCN(S(C)(=O)=O)C1. The van der Waals surface area contributed by atoms with Crippen LogP contribution in [-0.2, 0) is 23.0 Å². The van der Waals surface area contributed by atoms with Crippen molar-refractivity contribution in [1.29, 1.82) is 0 Å². The molecule has 0 aromatic heterocycles. The number of hydrogen-bond acceptors (Lipinski definition) is 3. The molecule has 2 atom stereocenters. The van der Waals surface area contributed by atoms with Gasteiger partial charge in [0.1, 0.15) is 5.82 Å². The molecule has 0 bridgehead atoms. The van der Waals surface area contributed by atoms with E-state index < -0.39 is 10.0 Å². The van der Waals surface area contributed by atoms with Crippen molar-refractivity contribution in [3.05, 3.63) is 35.1 Å². The number of fused-ring (bicyclic) bond motifs is 1. The van der Waals surface area contributed by atoms with Crippen molar-refractivity contribution < 1.29 is 12.8 Å². The summed E-state index contributed by atoms with van der Waals surface area (Å²) in [6.07, 6.45) is 4.20. The molecule has 0 amide bonds. The van der Waals surface area contributed by atoms with Gasteiger partial charge >= 0.3 is 0 Å². The largest absolute Gasteiger partial charge is 0.296 e. The Morgan fingerprint density at radius 2 is 2.09 bits per heavy atom. The average molecular weight is 340 g/mol. The summed E-state index contributed by atoms with van der Waals surface area (Å²) in [5, 5.41) is 0. The van der Waals surface area contributed by atoms with Crippen molar-refractivity contribution >= 4 is 10.0 Å². The van der Waals surface area contributed by atoms with E-state index in [9.17, 15) is 12.8 Å². The molecule has 2 heterocycles. The highest BCUT2D eigenvalue weighted by atomic mass is 32.2. The lowest BCUT2D eigenvalue weighted by molar-refractivity contribution is 0.128. The van der Waals surface area contributed by atoms with Gasteiger partial charge in [0.15, 0.2) is 0 Å². The summed E-state index contributed by atoms with van der Waals surface area (Å²) >= 11 is 0. The van der Waals surface area contributed by atoms with Gasteiger partial charge < -0.3 is 0 Å². The van der Waals surface area contributed by atoms with Crippen molar-refractivity contribution in [2.75, 3.05) is 25.9 Å². The van der Waals surface area contributed by atoms with Gasteiger partial charge in [-0.25, -0.2) is 17.1 Å². The van der Waals surface area contributed by atoms with E-state index in [-0.39, 0.29) is 5.82 Å². The Morgan fingerprint density at radius 3 is 2.83 bits per heavy atom. The van der Waals surface area contributed by atoms with Gasteiger partial charge in [-0.15, -0.1) is 0 Å². The molecule has 23 heavy (non-hydrogen) atoms. The predicted octanol–water partition coefficient (Wildman–Crippen LogP) is 2.24. The van der Waals surface area contributed by atoms with Crippen LogP contribution in [0.25, 0.3) is 0 Å². The Morgan fingerprint density at radius 1 is 1.30 bits per heavy atom. The fourth-order valence-corrected chi connectivity index (χ4v) is 4.76. The summed E-state index contributed by atoms with van der Waals surface area (Å²) in [6.45, 7) is 5.08. The molecule has 1 fully saturated rings. The van der Waals surface area contributed by atoms with E-state index in [0.717, 1.165) is 37.9 Å². The molecule has 2 aliphatic rings. The maximum Gasteiger partial charge on any atom is 0.211 e. The van der Waals surface area contributed by atoms with Gasteiger partial charge in [0, 0.05) is 32.2 Å². The normalized spacial score (nSPS) is 26.9. The summed E-state index contributed by atoms with van der Waals surface area (Å²) in [4.78, 5) is 2.37. The minimum atomic E-state index is -3.10. The predicted molar refractivity (Wildman–Crippen MR) is 89.1 cm³/mol. The van der Waals surface area contributed by atoms with E-state index in [1.807, 2.05) is 6.07 Å². The number of halogens is 1. The topological polar surface area (TPSA) is 40.6 Å². The second-order valence-electron chi connectivity index (χ2n) is 7.02. The highest BCUT2D eigenvalue weighted by Gasteiger charge is 2.30. The van der Waals surface area contributed by atoms with Crippen molar-refractivity contribution in [3.8, 4) is 0 Å². The molecule has 0 spiro atoms. The summed E-state index contributed by atoms with van der Waals surface area (Å²) in [5.41, 5.74) is 2.30. The molecule has 2 aliphatic heterocycles. The van der Waals surface area contributed by atoms with Crippen LogP contribution in [0, 0.1) is 11.7 Å². The van der Waals surface area contributed by atoms with Gasteiger partial charge in [0.25, 0.3) is 0 Å². The highest BCUT2D eigenvalue weighted by molar-refractivity contribution is 7.88. The molecule has 2 unspecified atom stereocenters. The zero-order chi connectivity index (χ0) is 16.6. The van der Waals surface area contributed by atoms with Crippen LogP contribution in [0.2, 0.25) is 0 Å². The van der Waals surface area contributed by atoms with Gasteiger partial charge in [0.2, 0.25) is 10.0 Å². The van der Waals surface area contributed by atoms with Crippen LogP contribution in [0.1, 0.15) is 30.9 Å². The maximum absolute atomic E-state index is 13.5. The first kappa shape index (κ1) is 16.9. The van der Waals surface area contributed by atoms with Crippen LogP contribution in [0.15, 0.2) is 18.2 Å². The third-order valence-corrected chi connectivity index (χ3v) is 6.39. The Labute approximate surface area is 138 Å². The third kappa shape index (κ3) is 3.92. The van der Waals surface area contributed by atoms with Crippen LogP contribution < -0.4 is 0 Å². The van der Waals surface area contributed by atoms with Crippen molar-refractivity contribution in [2.24, 2.45) is 5.92 Å². The van der Waals surface area contributed by atoms with E-state index >= 15 is 0 Å². The van der Waals surface area contributed by atoms with Gasteiger partial charge in [0.05, 0.1) is 6.26 Å². The quantitative estimate of drug-likeness (QED) is 0.847. The first-order valence-electron chi connectivity index (χ1n) is 8.29. The standard InChI is InChI=1S/C17H25FN2O2S/c1-13-8-15-5-6-17(18)9-16(15)12-19(13)10-14-4-3-7-20(11-14)23(2,21)22/h5-6,9,13-14H,3-4,7-8,10-12H2,1-2H3. The second-order valence-corrected chi connectivity index (χ2v) is 9.01. The summed E-state index contributed by atoms with van der Waals surface area (Å²) in [5.74, 6) is 0.176. The Balaban J connectivity index is 1.68. The molecule has 4 nitrogen and oxygen atoms in total. The van der Waals surface area contributed by atoms with E-state index in [4.69, 9.17) is 0 Å². The van der Waals surface area contributed by atoms with Crippen molar-refractivity contribution in [3.63, 3.8) is 0 Å². The van der Waals surface area contributed by atoms with E-state index in [2.05, 4.69) is 11.8 Å². The molecule has 0 saturated carbocycles. The van der Waals surface area contributed by atoms with Crippen LogP contribution in [-0.4, -0.2) is 49.6 Å². The maximum atomic E-state index is 13.5. The molecule has 1 saturated heterocycles. The summed E-state index contributed by atoms with van der Waals surface area (Å²) < 4.78 is 38.6. The molecule has 1 aromatic rings. The summed E-state index contributed by atoms with van der Waals surface area (Å²) in [6, 6.07) is 5.47. The third-order valence-electron chi connectivity index (χ3n) is 5.12. The van der Waals surface area contributed by atoms with Crippen molar-refractivity contribution in [1.82, 2.24) is 9.21 Å². The zero-order valence-corrected chi connectivity index (χ0v) is 14.7.